The van der Waals surface area contributed by atoms with Crippen LogP contribution in [0.5, 0.6) is 0 Å². The standard InChI is InChI=1S/C14H22N2.ClH/c1-12-6-3-4-7-13(12)10-16(2)14(11-15)8-5-9-14;/h3-4,6-7H,5,8-11,15H2,1-2H3;1H. The summed E-state index contributed by atoms with van der Waals surface area (Å²) in [5, 5.41) is 0. The van der Waals surface area contributed by atoms with E-state index in [-0.39, 0.29) is 17.9 Å². The maximum atomic E-state index is 5.92. The van der Waals surface area contributed by atoms with Crippen LogP contribution in [0.1, 0.15) is 30.4 Å². The summed E-state index contributed by atoms with van der Waals surface area (Å²) in [6.07, 6.45) is 3.84. The van der Waals surface area contributed by atoms with Gasteiger partial charge >= 0.3 is 0 Å². The Morgan fingerprint density at radius 3 is 2.41 bits per heavy atom. The smallest absolute Gasteiger partial charge is 0.0332 e. The zero-order chi connectivity index (χ0) is 11.6. The van der Waals surface area contributed by atoms with E-state index in [0.717, 1.165) is 13.1 Å². The van der Waals surface area contributed by atoms with Crippen LogP contribution in [0, 0.1) is 6.92 Å². The molecule has 2 N–H and O–H groups in total. The monoisotopic (exact) mass is 254 g/mol. The van der Waals surface area contributed by atoms with E-state index in [9.17, 15) is 0 Å². The summed E-state index contributed by atoms with van der Waals surface area (Å²) in [7, 11) is 2.21. The minimum atomic E-state index is 0. The third kappa shape index (κ3) is 2.82. The summed E-state index contributed by atoms with van der Waals surface area (Å²) in [6, 6.07) is 8.61. The van der Waals surface area contributed by atoms with Gasteiger partial charge in [0, 0.05) is 18.6 Å². The van der Waals surface area contributed by atoms with E-state index in [1.165, 1.54) is 30.4 Å². The third-order valence-corrected chi connectivity index (χ3v) is 4.14. The Morgan fingerprint density at radius 1 is 1.29 bits per heavy atom. The quantitative estimate of drug-likeness (QED) is 0.895. The number of nitrogens with two attached hydrogens (primary N) is 1. The molecular weight excluding hydrogens is 232 g/mol. The van der Waals surface area contributed by atoms with E-state index < -0.39 is 0 Å². The Morgan fingerprint density at radius 2 is 1.94 bits per heavy atom. The second-order valence-corrected chi connectivity index (χ2v) is 5.06. The van der Waals surface area contributed by atoms with Gasteiger partial charge in [-0.05, 0) is 44.4 Å². The molecule has 0 aliphatic heterocycles. The lowest BCUT2D eigenvalue weighted by molar-refractivity contribution is 0.0397. The van der Waals surface area contributed by atoms with Gasteiger partial charge in [-0.2, -0.15) is 0 Å². The Labute approximate surface area is 111 Å². The van der Waals surface area contributed by atoms with Gasteiger partial charge in [0.1, 0.15) is 0 Å². The SMILES string of the molecule is Cc1ccccc1CN(C)C1(CN)CCC1.Cl. The highest BCUT2D eigenvalue weighted by Gasteiger charge is 2.39. The number of halogens is 1. The Hall–Kier alpha value is -0.570. The zero-order valence-corrected chi connectivity index (χ0v) is 11.6. The first-order chi connectivity index (χ1) is 7.68. The number of benzene rings is 1. The molecule has 0 saturated heterocycles. The fourth-order valence-electron chi connectivity index (χ4n) is 2.54. The van der Waals surface area contributed by atoms with Crippen LogP contribution in [0.3, 0.4) is 0 Å². The van der Waals surface area contributed by atoms with E-state index >= 15 is 0 Å². The first kappa shape index (κ1) is 14.5. The van der Waals surface area contributed by atoms with Crippen molar-refractivity contribution in [1.29, 1.82) is 0 Å². The highest BCUT2D eigenvalue weighted by molar-refractivity contribution is 5.85. The van der Waals surface area contributed by atoms with Crippen molar-refractivity contribution in [3.05, 3.63) is 35.4 Å². The van der Waals surface area contributed by atoms with Gasteiger partial charge < -0.3 is 5.73 Å². The van der Waals surface area contributed by atoms with Gasteiger partial charge in [-0.25, -0.2) is 0 Å². The number of nitrogens with zero attached hydrogens (tertiary/aromatic N) is 1. The summed E-state index contributed by atoms with van der Waals surface area (Å²) in [4.78, 5) is 2.44. The van der Waals surface area contributed by atoms with Crippen molar-refractivity contribution in [3.63, 3.8) is 0 Å². The number of hydrogen-bond acceptors (Lipinski definition) is 2. The average molecular weight is 255 g/mol. The topological polar surface area (TPSA) is 29.3 Å². The Balaban J connectivity index is 0.00000144. The molecule has 1 aliphatic rings. The second-order valence-electron chi connectivity index (χ2n) is 5.06. The molecule has 0 aromatic heterocycles. The summed E-state index contributed by atoms with van der Waals surface area (Å²) in [5.41, 5.74) is 9.00. The molecule has 0 heterocycles. The number of likely N-dealkylation sites (N-methyl/N-ethyl adjacent to an activating group) is 1. The fraction of sp³-hybridized carbons (Fsp3) is 0.571. The van der Waals surface area contributed by atoms with Gasteiger partial charge in [-0.3, -0.25) is 4.90 Å². The molecule has 1 saturated carbocycles. The maximum Gasteiger partial charge on any atom is 0.0332 e. The van der Waals surface area contributed by atoms with Crippen LogP contribution in [0.15, 0.2) is 24.3 Å². The van der Waals surface area contributed by atoms with Gasteiger partial charge in [0.25, 0.3) is 0 Å². The molecule has 3 heteroatoms. The first-order valence-corrected chi connectivity index (χ1v) is 6.14. The van der Waals surface area contributed by atoms with Crippen LogP contribution >= 0.6 is 12.4 Å². The van der Waals surface area contributed by atoms with Crippen LogP contribution in [-0.2, 0) is 6.54 Å². The highest BCUT2D eigenvalue weighted by Crippen LogP contribution is 2.36. The summed E-state index contributed by atoms with van der Waals surface area (Å²) >= 11 is 0. The number of rotatable bonds is 4. The lowest BCUT2D eigenvalue weighted by atomic mass is 9.75. The van der Waals surface area contributed by atoms with Crippen LogP contribution in [0.2, 0.25) is 0 Å². The van der Waals surface area contributed by atoms with Crippen LogP contribution in [-0.4, -0.2) is 24.0 Å². The van der Waals surface area contributed by atoms with Crippen molar-refractivity contribution in [3.8, 4) is 0 Å². The second kappa shape index (κ2) is 5.85. The minimum absolute atomic E-state index is 0. The largest absolute Gasteiger partial charge is 0.329 e. The van der Waals surface area contributed by atoms with Crippen molar-refractivity contribution in [1.82, 2.24) is 4.90 Å². The normalized spacial score (nSPS) is 17.4. The van der Waals surface area contributed by atoms with Gasteiger partial charge in [-0.1, -0.05) is 24.3 Å². The molecule has 0 bridgehead atoms. The molecule has 2 nitrogen and oxygen atoms in total. The molecule has 1 fully saturated rings. The number of hydrogen-bond donors (Lipinski definition) is 1. The van der Waals surface area contributed by atoms with E-state index in [4.69, 9.17) is 5.73 Å². The van der Waals surface area contributed by atoms with E-state index in [1.54, 1.807) is 0 Å². The van der Waals surface area contributed by atoms with E-state index in [0.29, 0.717) is 0 Å². The fourth-order valence-corrected chi connectivity index (χ4v) is 2.54. The molecule has 1 aromatic carbocycles. The van der Waals surface area contributed by atoms with E-state index in [1.807, 2.05) is 0 Å². The van der Waals surface area contributed by atoms with Gasteiger partial charge in [0.2, 0.25) is 0 Å². The molecular formula is C14H23ClN2. The molecule has 0 spiro atoms. The predicted molar refractivity (Wildman–Crippen MR) is 75.5 cm³/mol. The molecule has 0 radical (unpaired) electrons. The van der Waals surface area contributed by atoms with Crippen LogP contribution in [0.25, 0.3) is 0 Å². The first-order valence-electron chi connectivity index (χ1n) is 6.14. The third-order valence-electron chi connectivity index (χ3n) is 4.14. The number of aryl methyl sites for hydroxylation is 1. The zero-order valence-electron chi connectivity index (χ0n) is 10.8. The van der Waals surface area contributed by atoms with Crippen molar-refractivity contribution in [2.45, 2.75) is 38.3 Å². The summed E-state index contributed by atoms with van der Waals surface area (Å²) in [5.74, 6) is 0. The molecule has 96 valence electrons. The molecule has 1 aromatic rings. The minimum Gasteiger partial charge on any atom is -0.329 e. The lowest BCUT2D eigenvalue weighted by Gasteiger charge is -2.48. The van der Waals surface area contributed by atoms with Gasteiger partial charge in [0.05, 0.1) is 0 Å². The van der Waals surface area contributed by atoms with Crippen molar-refractivity contribution < 1.29 is 0 Å². The summed E-state index contributed by atoms with van der Waals surface area (Å²) < 4.78 is 0. The molecule has 1 aliphatic carbocycles. The van der Waals surface area contributed by atoms with Crippen molar-refractivity contribution in [2.24, 2.45) is 5.73 Å². The van der Waals surface area contributed by atoms with Crippen molar-refractivity contribution in [2.75, 3.05) is 13.6 Å². The molecule has 0 atom stereocenters. The van der Waals surface area contributed by atoms with E-state index in [2.05, 4.69) is 43.1 Å². The lowest BCUT2D eigenvalue weighted by Crippen LogP contribution is -2.56. The average Bonchev–Trinajstić information content (AvgIpc) is 2.21. The molecule has 0 unspecified atom stereocenters. The molecule has 0 amide bonds. The van der Waals surface area contributed by atoms with Gasteiger partial charge in [-0.15, -0.1) is 12.4 Å². The predicted octanol–water partition coefficient (Wildman–Crippen LogP) is 2.73. The van der Waals surface area contributed by atoms with Crippen molar-refractivity contribution >= 4 is 12.4 Å². The Kier molecular flexibility index (Phi) is 4.99. The molecule has 17 heavy (non-hydrogen) atoms. The Bertz CT molecular complexity index is 355. The van der Waals surface area contributed by atoms with Gasteiger partial charge in [0.15, 0.2) is 0 Å². The maximum absolute atomic E-state index is 5.92. The summed E-state index contributed by atoms with van der Waals surface area (Å²) in [6.45, 7) is 3.98. The highest BCUT2D eigenvalue weighted by atomic mass is 35.5. The van der Waals surface area contributed by atoms with Crippen LogP contribution < -0.4 is 5.73 Å². The molecule has 2 rings (SSSR count). The van der Waals surface area contributed by atoms with Crippen LogP contribution in [0.4, 0.5) is 0 Å².